The number of benzene rings is 9. The zero-order valence-corrected chi connectivity index (χ0v) is 35.2. The van der Waals surface area contributed by atoms with Crippen molar-refractivity contribution in [3.63, 3.8) is 0 Å². The summed E-state index contributed by atoms with van der Waals surface area (Å²) in [5.74, 6) is -0.821. The Hall–Kier alpha value is -8.99. The van der Waals surface area contributed by atoms with E-state index in [1.807, 2.05) is 65.2 Å². The predicted octanol–water partition coefficient (Wildman–Crippen LogP) is 15.2. The first kappa shape index (κ1) is 38.7. The Morgan fingerprint density at radius 3 is 1.44 bits per heavy atom. The van der Waals surface area contributed by atoms with Crippen LogP contribution in [0.3, 0.4) is 0 Å². The number of rotatable bonds is 7. The molecule has 0 saturated carbocycles. The third-order valence-electron chi connectivity index (χ3n) is 12.5. The molecule has 3 aromatic heterocycles. The zero-order valence-electron chi connectivity index (χ0n) is 35.2. The van der Waals surface area contributed by atoms with Gasteiger partial charge in [-0.3, -0.25) is 0 Å². The van der Waals surface area contributed by atoms with E-state index in [2.05, 4.69) is 126 Å². The minimum absolute atomic E-state index is 0.186. The van der Waals surface area contributed by atoms with Crippen molar-refractivity contribution in [3.8, 4) is 73.6 Å². The van der Waals surface area contributed by atoms with Gasteiger partial charge in [0, 0.05) is 49.4 Å². The number of halogens is 2. The summed E-state index contributed by atoms with van der Waals surface area (Å²) in [6.45, 7) is 0. The van der Waals surface area contributed by atoms with Gasteiger partial charge in [0.25, 0.3) is 0 Å². The summed E-state index contributed by atoms with van der Waals surface area (Å²) in [7, 11) is 0. The summed E-state index contributed by atoms with van der Waals surface area (Å²) in [4.78, 5) is 10.4. The maximum Gasteiger partial charge on any atom is 0.160 e. The van der Waals surface area contributed by atoms with Gasteiger partial charge in [0.2, 0.25) is 0 Å². The minimum Gasteiger partial charge on any atom is -0.309 e. The number of hydrogen-bond acceptors (Lipinski definition) is 3. The highest BCUT2D eigenvalue weighted by atomic mass is 19.1. The van der Waals surface area contributed by atoms with Gasteiger partial charge in [-0.25, -0.2) is 18.7 Å². The van der Waals surface area contributed by atoms with Crippen molar-refractivity contribution in [2.24, 2.45) is 0 Å². The summed E-state index contributed by atoms with van der Waals surface area (Å²) in [5.41, 5.74) is 12.1. The third-order valence-corrected chi connectivity index (χ3v) is 12.5. The first-order valence-corrected chi connectivity index (χ1v) is 21.7. The molecule has 12 rings (SSSR count). The highest BCUT2D eigenvalue weighted by Gasteiger charge is 2.23. The second-order valence-corrected chi connectivity index (χ2v) is 16.3. The highest BCUT2D eigenvalue weighted by molar-refractivity contribution is 6.12. The molecular formula is C59H35F2N5. The van der Waals surface area contributed by atoms with Crippen molar-refractivity contribution in [3.05, 3.63) is 230 Å². The van der Waals surface area contributed by atoms with Crippen molar-refractivity contribution in [1.29, 1.82) is 5.26 Å². The van der Waals surface area contributed by atoms with Gasteiger partial charge in [-0.1, -0.05) is 127 Å². The second-order valence-electron chi connectivity index (χ2n) is 16.3. The van der Waals surface area contributed by atoms with Gasteiger partial charge in [-0.05, 0) is 90.5 Å². The molecule has 0 spiro atoms. The lowest BCUT2D eigenvalue weighted by molar-refractivity contribution is 0.589. The van der Waals surface area contributed by atoms with E-state index in [0.29, 0.717) is 17.1 Å². The Balaban J connectivity index is 1.13. The standard InChI is InChI=1S/C59H35F2N5/c60-48-21-13-22-49(61)58(48)47-32-37(36-62)26-29-57(47)66-54-25-12-9-20-44(54)46-33-40(27-30-56(46)66)45-34-41(28-31-55(45)65-52-23-10-7-18-42(52)43-19-8-11-24-53(43)65)59-63-50(38-14-3-1-4-15-38)35-51(64-59)39-16-5-2-6-17-39/h1-35H. The van der Waals surface area contributed by atoms with E-state index < -0.39 is 11.6 Å². The topological polar surface area (TPSA) is 59.4 Å². The van der Waals surface area contributed by atoms with Crippen LogP contribution in [0.25, 0.3) is 111 Å². The summed E-state index contributed by atoms with van der Waals surface area (Å²) >= 11 is 0. The molecular weight excluding hydrogens is 817 g/mol. The maximum absolute atomic E-state index is 15.6. The van der Waals surface area contributed by atoms with Gasteiger partial charge in [-0.2, -0.15) is 5.26 Å². The van der Waals surface area contributed by atoms with E-state index in [-0.39, 0.29) is 11.1 Å². The van der Waals surface area contributed by atoms with Crippen molar-refractivity contribution in [2.45, 2.75) is 0 Å². The number of hydrogen-bond donors (Lipinski definition) is 0. The quantitative estimate of drug-likeness (QED) is 0.160. The highest BCUT2D eigenvalue weighted by Crippen LogP contribution is 2.43. The molecule has 7 heteroatoms. The second kappa shape index (κ2) is 15.7. The molecule has 0 aliphatic carbocycles. The molecule has 0 radical (unpaired) electrons. The Labute approximate surface area is 378 Å². The molecule has 0 bridgehead atoms. The van der Waals surface area contributed by atoms with Gasteiger partial charge in [0.05, 0.1) is 62.0 Å². The number of para-hydroxylation sites is 3. The van der Waals surface area contributed by atoms with Crippen LogP contribution in [0, 0.1) is 23.0 Å². The average Bonchev–Trinajstić information content (AvgIpc) is 3.89. The predicted molar refractivity (Wildman–Crippen MR) is 263 cm³/mol. The maximum atomic E-state index is 15.6. The van der Waals surface area contributed by atoms with Crippen LogP contribution in [-0.2, 0) is 0 Å². The molecule has 310 valence electrons. The lowest BCUT2D eigenvalue weighted by Gasteiger charge is -2.17. The summed E-state index contributed by atoms with van der Waals surface area (Å²) < 4.78 is 35.7. The van der Waals surface area contributed by atoms with Crippen LogP contribution in [0.2, 0.25) is 0 Å². The normalized spacial score (nSPS) is 11.5. The van der Waals surface area contributed by atoms with E-state index in [4.69, 9.17) is 9.97 Å². The lowest BCUT2D eigenvalue weighted by Crippen LogP contribution is -2.01. The Bertz CT molecular complexity index is 3790. The van der Waals surface area contributed by atoms with Crippen LogP contribution in [0.5, 0.6) is 0 Å². The molecule has 0 N–H and O–H groups in total. The molecule has 0 aliphatic heterocycles. The van der Waals surface area contributed by atoms with Gasteiger partial charge in [-0.15, -0.1) is 0 Å². The third kappa shape index (κ3) is 6.35. The van der Waals surface area contributed by atoms with Crippen molar-refractivity contribution in [2.75, 3.05) is 0 Å². The largest absolute Gasteiger partial charge is 0.309 e. The summed E-state index contributed by atoms with van der Waals surface area (Å²) in [6.07, 6.45) is 0. The Morgan fingerprint density at radius 2 is 0.864 bits per heavy atom. The SMILES string of the molecule is N#Cc1ccc(-n2c3ccccc3c3cc(-c4cc(-c5nc(-c6ccccc6)cc(-c6ccccc6)n5)ccc4-n4c5ccccc5c5ccccc54)ccc32)c(-c2c(F)cccc2F)c1. The van der Waals surface area contributed by atoms with Gasteiger partial charge >= 0.3 is 0 Å². The molecule has 0 unspecified atom stereocenters. The monoisotopic (exact) mass is 851 g/mol. The molecule has 0 fully saturated rings. The van der Waals surface area contributed by atoms with E-state index in [1.54, 1.807) is 18.2 Å². The number of nitrogens with zero attached hydrogens (tertiary/aromatic N) is 5. The van der Waals surface area contributed by atoms with Crippen LogP contribution < -0.4 is 0 Å². The first-order valence-electron chi connectivity index (χ1n) is 21.7. The molecule has 0 amide bonds. The van der Waals surface area contributed by atoms with Gasteiger partial charge in [0.15, 0.2) is 5.82 Å². The fraction of sp³-hybridized carbons (Fsp3) is 0. The zero-order chi connectivity index (χ0) is 44.3. The van der Waals surface area contributed by atoms with E-state index in [0.717, 1.165) is 88.5 Å². The molecule has 12 aromatic rings. The number of fused-ring (bicyclic) bond motifs is 6. The van der Waals surface area contributed by atoms with E-state index in [9.17, 15) is 5.26 Å². The van der Waals surface area contributed by atoms with E-state index >= 15 is 8.78 Å². The van der Waals surface area contributed by atoms with Crippen LogP contribution in [0.1, 0.15) is 5.56 Å². The average molecular weight is 852 g/mol. The van der Waals surface area contributed by atoms with Crippen molar-refractivity contribution < 1.29 is 8.78 Å². The molecule has 3 heterocycles. The molecule has 9 aromatic carbocycles. The number of nitriles is 1. The summed E-state index contributed by atoms with van der Waals surface area (Å²) in [6, 6.07) is 71.3. The Kier molecular flexibility index (Phi) is 9.18. The lowest BCUT2D eigenvalue weighted by atomic mass is 9.97. The van der Waals surface area contributed by atoms with Crippen molar-refractivity contribution in [1.82, 2.24) is 19.1 Å². The minimum atomic E-state index is -0.707. The fourth-order valence-electron chi connectivity index (χ4n) is 9.53. The van der Waals surface area contributed by atoms with Crippen LogP contribution in [0.15, 0.2) is 212 Å². The molecule has 0 saturated heterocycles. The van der Waals surface area contributed by atoms with Crippen LogP contribution in [0.4, 0.5) is 8.78 Å². The van der Waals surface area contributed by atoms with Crippen LogP contribution in [-0.4, -0.2) is 19.1 Å². The van der Waals surface area contributed by atoms with Gasteiger partial charge < -0.3 is 9.13 Å². The smallest absolute Gasteiger partial charge is 0.160 e. The molecule has 0 aliphatic rings. The van der Waals surface area contributed by atoms with Gasteiger partial charge in [0.1, 0.15) is 11.6 Å². The molecule has 66 heavy (non-hydrogen) atoms. The van der Waals surface area contributed by atoms with Crippen LogP contribution >= 0.6 is 0 Å². The van der Waals surface area contributed by atoms with E-state index in [1.165, 1.54) is 18.2 Å². The first-order chi connectivity index (χ1) is 32.5. The molecule has 5 nitrogen and oxygen atoms in total. The fourth-order valence-corrected chi connectivity index (χ4v) is 9.53. The summed E-state index contributed by atoms with van der Waals surface area (Å²) in [5, 5.41) is 14.1. The Morgan fingerprint density at radius 1 is 0.379 bits per heavy atom. The number of aromatic nitrogens is 4. The van der Waals surface area contributed by atoms with Crippen molar-refractivity contribution >= 4 is 43.6 Å². The molecule has 0 atom stereocenters.